The number of pyridine rings is 1. The second kappa shape index (κ2) is 8.23. The Kier molecular flexibility index (Phi) is 6.30. The van der Waals surface area contributed by atoms with Crippen molar-refractivity contribution in [2.24, 2.45) is 0 Å². The predicted octanol–water partition coefficient (Wildman–Crippen LogP) is 2.28. The number of sulfonamides is 1. The van der Waals surface area contributed by atoms with E-state index in [1.54, 1.807) is 24.5 Å². The molecule has 0 bridgehead atoms. The number of benzene rings is 1. The van der Waals surface area contributed by atoms with Crippen LogP contribution in [0.5, 0.6) is 0 Å². The van der Waals surface area contributed by atoms with Crippen LogP contribution < -0.4 is 10.0 Å². The molecule has 0 aliphatic carbocycles. The maximum atomic E-state index is 12.1. The molecule has 1 aromatic heterocycles. The van der Waals surface area contributed by atoms with E-state index in [1.165, 1.54) is 12.1 Å². The Morgan fingerprint density at radius 2 is 1.96 bits per heavy atom. The van der Waals surface area contributed by atoms with Gasteiger partial charge in [-0.25, -0.2) is 13.1 Å². The first kappa shape index (κ1) is 18.4. The summed E-state index contributed by atoms with van der Waals surface area (Å²) in [6.07, 6.45) is 3.34. The minimum absolute atomic E-state index is 0.00372. The highest BCUT2D eigenvalue weighted by atomic mass is 35.5. The Morgan fingerprint density at radius 1 is 1.25 bits per heavy atom. The SMILES string of the molecule is CC(NC(=O)CCNS(=O)(=O)c1cccc(Cl)c1)c1ccncc1. The third kappa shape index (κ3) is 5.30. The van der Waals surface area contributed by atoms with Gasteiger partial charge in [-0.3, -0.25) is 9.78 Å². The summed E-state index contributed by atoms with van der Waals surface area (Å²) >= 11 is 5.79. The van der Waals surface area contributed by atoms with Crippen LogP contribution in [0.15, 0.2) is 53.7 Å². The first-order chi connectivity index (χ1) is 11.4. The Labute approximate surface area is 146 Å². The lowest BCUT2D eigenvalue weighted by molar-refractivity contribution is -0.121. The van der Waals surface area contributed by atoms with E-state index in [-0.39, 0.29) is 29.8 Å². The fraction of sp³-hybridized carbons (Fsp3) is 0.250. The minimum atomic E-state index is -3.68. The van der Waals surface area contributed by atoms with Crippen LogP contribution in [0.4, 0.5) is 0 Å². The van der Waals surface area contributed by atoms with Crippen LogP contribution in [0, 0.1) is 0 Å². The molecule has 0 saturated carbocycles. The van der Waals surface area contributed by atoms with Crippen molar-refractivity contribution in [3.8, 4) is 0 Å². The van der Waals surface area contributed by atoms with Gasteiger partial charge in [0, 0.05) is 30.4 Å². The fourth-order valence-corrected chi connectivity index (χ4v) is 3.40. The third-order valence-corrected chi connectivity index (χ3v) is 5.03. The van der Waals surface area contributed by atoms with Gasteiger partial charge in [0.25, 0.3) is 0 Å². The summed E-state index contributed by atoms with van der Waals surface area (Å²) in [5.41, 5.74) is 0.929. The van der Waals surface area contributed by atoms with E-state index in [4.69, 9.17) is 11.6 Å². The summed E-state index contributed by atoms with van der Waals surface area (Å²) in [6.45, 7) is 1.85. The van der Waals surface area contributed by atoms with Gasteiger partial charge in [0.2, 0.25) is 15.9 Å². The van der Waals surface area contributed by atoms with Crippen LogP contribution in [0.25, 0.3) is 0 Å². The molecule has 6 nitrogen and oxygen atoms in total. The highest BCUT2D eigenvalue weighted by Gasteiger charge is 2.15. The molecule has 1 aromatic carbocycles. The topological polar surface area (TPSA) is 88.2 Å². The number of carbonyl (C=O) groups is 1. The largest absolute Gasteiger partial charge is 0.350 e. The van der Waals surface area contributed by atoms with Gasteiger partial charge in [-0.1, -0.05) is 17.7 Å². The van der Waals surface area contributed by atoms with Gasteiger partial charge >= 0.3 is 0 Å². The number of aromatic nitrogens is 1. The molecule has 2 N–H and O–H groups in total. The molecular formula is C16H18ClN3O3S. The minimum Gasteiger partial charge on any atom is -0.350 e. The van der Waals surface area contributed by atoms with Crippen LogP contribution in [0.2, 0.25) is 5.02 Å². The van der Waals surface area contributed by atoms with E-state index in [0.29, 0.717) is 5.02 Å². The highest BCUT2D eigenvalue weighted by molar-refractivity contribution is 7.89. The average Bonchev–Trinajstić information content (AvgIpc) is 2.55. The molecule has 8 heteroatoms. The zero-order valence-corrected chi connectivity index (χ0v) is 14.6. The van der Waals surface area contributed by atoms with E-state index in [1.807, 2.05) is 19.1 Å². The van der Waals surface area contributed by atoms with Crippen molar-refractivity contribution in [1.82, 2.24) is 15.0 Å². The molecule has 0 radical (unpaired) electrons. The maximum Gasteiger partial charge on any atom is 0.240 e. The molecule has 0 spiro atoms. The first-order valence-corrected chi connectivity index (χ1v) is 9.19. The lowest BCUT2D eigenvalue weighted by Crippen LogP contribution is -2.32. The third-order valence-electron chi connectivity index (χ3n) is 3.33. The van der Waals surface area contributed by atoms with Crippen molar-refractivity contribution < 1.29 is 13.2 Å². The highest BCUT2D eigenvalue weighted by Crippen LogP contribution is 2.15. The summed E-state index contributed by atoms with van der Waals surface area (Å²) in [5.74, 6) is -0.242. The standard InChI is InChI=1S/C16H18ClN3O3S/c1-12(13-5-8-18-9-6-13)20-16(21)7-10-19-24(22,23)15-4-2-3-14(17)11-15/h2-6,8-9,11-12,19H,7,10H2,1H3,(H,20,21). The summed E-state index contributed by atoms with van der Waals surface area (Å²) in [5, 5.41) is 3.14. The van der Waals surface area contributed by atoms with Gasteiger partial charge in [-0.15, -0.1) is 0 Å². The second-order valence-electron chi connectivity index (χ2n) is 5.17. The fourth-order valence-electron chi connectivity index (χ4n) is 2.07. The molecule has 1 unspecified atom stereocenters. The van der Waals surface area contributed by atoms with Gasteiger partial charge in [0.05, 0.1) is 10.9 Å². The Morgan fingerprint density at radius 3 is 2.62 bits per heavy atom. The molecular weight excluding hydrogens is 350 g/mol. The van der Waals surface area contributed by atoms with Crippen molar-refractivity contribution >= 4 is 27.5 Å². The van der Waals surface area contributed by atoms with Crippen LogP contribution in [0.1, 0.15) is 24.9 Å². The Balaban J connectivity index is 1.84. The predicted molar refractivity (Wildman–Crippen MR) is 92.1 cm³/mol. The lowest BCUT2D eigenvalue weighted by Gasteiger charge is -2.14. The lowest BCUT2D eigenvalue weighted by atomic mass is 10.1. The summed E-state index contributed by atoms with van der Waals surface area (Å²) < 4.78 is 26.6. The van der Waals surface area contributed by atoms with Crippen LogP contribution in [-0.2, 0) is 14.8 Å². The van der Waals surface area contributed by atoms with E-state index in [0.717, 1.165) is 5.56 Å². The van der Waals surface area contributed by atoms with Crippen LogP contribution in [0.3, 0.4) is 0 Å². The number of halogens is 1. The summed E-state index contributed by atoms with van der Waals surface area (Å²) in [6, 6.07) is 9.40. The number of hydrogen-bond acceptors (Lipinski definition) is 4. The molecule has 1 amide bonds. The average molecular weight is 368 g/mol. The van der Waals surface area contributed by atoms with Crippen molar-refractivity contribution in [3.05, 3.63) is 59.4 Å². The molecule has 1 heterocycles. The number of amides is 1. The van der Waals surface area contributed by atoms with E-state index in [9.17, 15) is 13.2 Å². The summed E-state index contributed by atoms with van der Waals surface area (Å²) in [4.78, 5) is 15.9. The monoisotopic (exact) mass is 367 g/mol. The molecule has 24 heavy (non-hydrogen) atoms. The van der Waals surface area contributed by atoms with E-state index in [2.05, 4.69) is 15.0 Å². The number of nitrogens with zero attached hydrogens (tertiary/aromatic N) is 1. The molecule has 2 aromatic rings. The molecule has 128 valence electrons. The van der Waals surface area contributed by atoms with Gasteiger partial charge in [-0.05, 0) is 42.8 Å². The van der Waals surface area contributed by atoms with Crippen molar-refractivity contribution in [1.29, 1.82) is 0 Å². The van der Waals surface area contributed by atoms with Crippen molar-refractivity contribution in [2.45, 2.75) is 24.3 Å². The van der Waals surface area contributed by atoms with E-state index >= 15 is 0 Å². The van der Waals surface area contributed by atoms with Gasteiger partial charge in [-0.2, -0.15) is 0 Å². The number of rotatable bonds is 7. The van der Waals surface area contributed by atoms with Crippen LogP contribution >= 0.6 is 11.6 Å². The van der Waals surface area contributed by atoms with Crippen LogP contribution in [-0.4, -0.2) is 25.9 Å². The molecule has 0 aliphatic heterocycles. The van der Waals surface area contributed by atoms with E-state index < -0.39 is 10.0 Å². The number of hydrogen-bond donors (Lipinski definition) is 2. The van der Waals surface area contributed by atoms with Crippen molar-refractivity contribution in [3.63, 3.8) is 0 Å². The van der Waals surface area contributed by atoms with Gasteiger partial charge < -0.3 is 5.32 Å². The Bertz CT molecular complexity index is 797. The number of nitrogens with one attached hydrogen (secondary N) is 2. The first-order valence-electron chi connectivity index (χ1n) is 7.33. The van der Waals surface area contributed by atoms with Crippen molar-refractivity contribution in [2.75, 3.05) is 6.54 Å². The second-order valence-corrected chi connectivity index (χ2v) is 7.38. The number of carbonyl (C=O) groups excluding carboxylic acids is 1. The molecule has 2 rings (SSSR count). The molecule has 0 fully saturated rings. The van der Waals surface area contributed by atoms with Gasteiger partial charge in [0.15, 0.2) is 0 Å². The quantitative estimate of drug-likeness (QED) is 0.785. The molecule has 1 atom stereocenters. The molecule has 0 aliphatic rings. The molecule has 0 saturated heterocycles. The normalized spacial score (nSPS) is 12.6. The maximum absolute atomic E-state index is 12.1. The van der Waals surface area contributed by atoms with Gasteiger partial charge in [0.1, 0.15) is 0 Å². The smallest absolute Gasteiger partial charge is 0.240 e. The zero-order chi connectivity index (χ0) is 17.6. The Hall–Kier alpha value is -1.96. The summed E-state index contributed by atoms with van der Waals surface area (Å²) in [7, 11) is -3.68. The zero-order valence-electron chi connectivity index (χ0n) is 13.1.